The van der Waals surface area contributed by atoms with E-state index in [1.165, 1.54) is 0 Å². The molecule has 1 heterocycles. The number of rotatable bonds is 8. The first kappa shape index (κ1) is 20.7. The van der Waals surface area contributed by atoms with E-state index in [9.17, 15) is 9.59 Å². The zero-order chi connectivity index (χ0) is 20.0. The molecule has 0 aliphatic carbocycles. The Balaban J connectivity index is 2.50. The lowest BCUT2D eigenvalue weighted by molar-refractivity contribution is 0.0513. The number of benzene rings is 1. The first-order chi connectivity index (χ1) is 12.9. The van der Waals surface area contributed by atoms with Crippen molar-refractivity contribution in [1.82, 2.24) is 9.47 Å². The predicted molar refractivity (Wildman–Crippen MR) is 107 cm³/mol. The first-order valence-corrected chi connectivity index (χ1v) is 9.58. The molecular formula is C22H30N2O3. The number of ether oxygens (including phenoxy) is 1. The highest BCUT2D eigenvalue weighted by Crippen LogP contribution is 2.26. The standard InChI is InChI=1S/C22H30N2O3/c1-6-8-14-23(5)21(25)19-16(3)20(22(26)27-7-2)24(17(19)4)15-18-12-10-9-11-13-18/h9-13H,6-8,14-15H2,1-5H3. The van der Waals surface area contributed by atoms with Crippen molar-refractivity contribution in [1.29, 1.82) is 0 Å². The highest BCUT2D eigenvalue weighted by atomic mass is 16.5. The normalized spacial score (nSPS) is 10.7. The van der Waals surface area contributed by atoms with Crippen LogP contribution in [0.2, 0.25) is 0 Å². The number of carbonyl (C=O) groups is 2. The lowest BCUT2D eigenvalue weighted by atomic mass is 10.1. The maximum atomic E-state index is 13.1. The summed E-state index contributed by atoms with van der Waals surface area (Å²) in [5.74, 6) is -0.430. The van der Waals surface area contributed by atoms with Crippen LogP contribution >= 0.6 is 0 Å². The maximum absolute atomic E-state index is 13.1. The summed E-state index contributed by atoms with van der Waals surface area (Å²) in [6.07, 6.45) is 1.98. The predicted octanol–water partition coefficient (Wildman–Crippen LogP) is 4.20. The highest BCUT2D eigenvalue weighted by molar-refractivity contribution is 6.01. The number of amides is 1. The quantitative estimate of drug-likeness (QED) is 0.654. The molecule has 2 rings (SSSR count). The van der Waals surface area contributed by atoms with Crippen molar-refractivity contribution >= 4 is 11.9 Å². The van der Waals surface area contributed by atoms with Crippen LogP contribution in [0, 0.1) is 13.8 Å². The number of carbonyl (C=O) groups excluding carboxylic acids is 2. The molecule has 0 aliphatic rings. The molecule has 0 bridgehead atoms. The largest absolute Gasteiger partial charge is 0.461 e. The Morgan fingerprint density at radius 3 is 2.37 bits per heavy atom. The van der Waals surface area contributed by atoms with Crippen molar-refractivity contribution in [3.63, 3.8) is 0 Å². The summed E-state index contributed by atoms with van der Waals surface area (Å²) in [6, 6.07) is 9.92. The van der Waals surface area contributed by atoms with Crippen LogP contribution in [0.25, 0.3) is 0 Å². The van der Waals surface area contributed by atoms with Gasteiger partial charge in [0.25, 0.3) is 5.91 Å². The van der Waals surface area contributed by atoms with E-state index in [1.807, 2.05) is 55.8 Å². The number of nitrogens with zero attached hydrogens (tertiary/aromatic N) is 2. The third kappa shape index (κ3) is 4.59. The highest BCUT2D eigenvalue weighted by Gasteiger charge is 2.28. The van der Waals surface area contributed by atoms with Crippen molar-refractivity contribution in [2.45, 2.75) is 47.1 Å². The Morgan fingerprint density at radius 2 is 1.78 bits per heavy atom. The molecule has 0 spiro atoms. The van der Waals surface area contributed by atoms with Gasteiger partial charge < -0.3 is 14.2 Å². The fourth-order valence-electron chi connectivity index (χ4n) is 3.32. The molecule has 27 heavy (non-hydrogen) atoms. The fourth-order valence-corrected chi connectivity index (χ4v) is 3.32. The molecule has 0 fully saturated rings. The van der Waals surface area contributed by atoms with E-state index in [0.717, 1.165) is 24.1 Å². The van der Waals surface area contributed by atoms with Crippen LogP contribution in [0.1, 0.15) is 64.4 Å². The van der Waals surface area contributed by atoms with Gasteiger partial charge >= 0.3 is 5.97 Å². The van der Waals surface area contributed by atoms with E-state index in [2.05, 4.69) is 6.92 Å². The van der Waals surface area contributed by atoms with Gasteiger partial charge in [0, 0.05) is 25.8 Å². The Labute approximate surface area is 161 Å². The van der Waals surface area contributed by atoms with Crippen LogP contribution in [0.15, 0.2) is 30.3 Å². The number of hydrogen-bond acceptors (Lipinski definition) is 3. The molecule has 0 atom stereocenters. The minimum atomic E-state index is -0.385. The minimum absolute atomic E-state index is 0.0455. The van der Waals surface area contributed by atoms with Crippen molar-refractivity contribution in [3.05, 3.63) is 58.4 Å². The van der Waals surface area contributed by atoms with Gasteiger partial charge in [-0.2, -0.15) is 0 Å². The Morgan fingerprint density at radius 1 is 1.11 bits per heavy atom. The molecule has 146 valence electrons. The molecule has 0 saturated heterocycles. The fraction of sp³-hybridized carbons (Fsp3) is 0.455. The smallest absolute Gasteiger partial charge is 0.355 e. The van der Waals surface area contributed by atoms with Crippen molar-refractivity contribution in [2.24, 2.45) is 0 Å². The molecule has 0 N–H and O–H groups in total. The number of hydrogen-bond donors (Lipinski definition) is 0. The maximum Gasteiger partial charge on any atom is 0.355 e. The van der Waals surface area contributed by atoms with Crippen LogP contribution in [0.5, 0.6) is 0 Å². The van der Waals surface area contributed by atoms with E-state index in [-0.39, 0.29) is 11.9 Å². The monoisotopic (exact) mass is 370 g/mol. The molecular weight excluding hydrogens is 340 g/mol. The van der Waals surface area contributed by atoms with E-state index >= 15 is 0 Å². The zero-order valence-corrected chi connectivity index (χ0v) is 17.0. The minimum Gasteiger partial charge on any atom is -0.461 e. The van der Waals surface area contributed by atoms with E-state index in [0.29, 0.717) is 36.5 Å². The van der Waals surface area contributed by atoms with Gasteiger partial charge in [-0.3, -0.25) is 4.79 Å². The van der Waals surface area contributed by atoms with Crippen molar-refractivity contribution in [2.75, 3.05) is 20.2 Å². The number of unbranched alkanes of at least 4 members (excludes halogenated alkanes) is 1. The summed E-state index contributed by atoms with van der Waals surface area (Å²) >= 11 is 0. The summed E-state index contributed by atoms with van der Waals surface area (Å²) in [5, 5.41) is 0. The third-order valence-corrected chi connectivity index (χ3v) is 4.83. The van der Waals surface area contributed by atoms with Gasteiger partial charge in [0.2, 0.25) is 0 Å². The van der Waals surface area contributed by atoms with Gasteiger partial charge in [-0.15, -0.1) is 0 Å². The topological polar surface area (TPSA) is 51.5 Å². The van der Waals surface area contributed by atoms with Crippen LogP contribution < -0.4 is 0 Å². The summed E-state index contributed by atoms with van der Waals surface area (Å²) in [7, 11) is 1.81. The summed E-state index contributed by atoms with van der Waals surface area (Å²) in [4.78, 5) is 27.4. The lowest BCUT2D eigenvalue weighted by Crippen LogP contribution is -2.28. The summed E-state index contributed by atoms with van der Waals surface area (Å²) in [6.45, 7) is 9.15. The lowest BCUT2D eigenvalue weighted by Gasteiger charge is -2.17. The zero-order valence-electron chi connectivity index (χ0n) is 17.0. The molecule has 5 heteroatoms. The molecule has 1 aromatic heterocycles. The van der Waals surface area contributed by atoms with Crippen LogP contribution in [0.4, 0.5) is 0 Å². The van der Waals surface area contributed by atoms with Crippen LogP contribution in [-0.2, 0) is 11.3 Å². The average Bonchev–Trinajstić information content (AvgIpc) is 2.90. The third-order valence-electron chi connectivity index (χ3n) is 4.83. The Kier molecular flexibility index (Phi) is 7.22. The molecule has 0 saturated carbocycles. The molecule has 2 aromatic rings. The molecule has 0 unspecified atom stereocenters. The average molecular weight is 370 g/mol. The Bertz CT molecular complexity index is 794. The first-order valence-electron chi connectivity index (χ1n) is 9.58. The van der Waals surface area contributed by atoms with Gasteiger partial charge in [0.15, 0.2) is 0 Å². The molecule has 1 aromatic carbocycles. The second kappa shape index (κ2) is 9.40. The van der Waals surface area contributed by atoms with Gasteiger partial charge in [-0.25, -0.2) is 4.79 Å². The summed E-state index contributed by atoms with van der Waals surface area (Å²) < 4.78 is 7.18. The Hall–Kier alpha value is -2.56. The van der Waals surface area contributed by atoms with E-state index in [4.69, 9.17) is 4.74 Å². The number of aromatic nitrogens is 1. The van der Waals surface area contributed by atoms with Crippen molar-refractivity contribution in [3.8, 4) is 0 Å². The van der Waals surface area contributed by atoms with E-state index < -0.39 is 0 Å². The van der Waals surface area contributed by atoms with Gasteiger partial charge in [-0.1, -0.05) is 43.7 Å². The van der Waals surface area contributed by atoms with Gasteiger partial charge in [0.05, 0.1) is 12.2 Å². The molecule has 0 aliphatic heterocycles. The van der Waals surface area contributed by atoms with Gasteiger partial charge in [0.1, 0.15) is 5.69 Å². The molecule has 0 radical (unpaired) electrons. The van der Waals surface area contributed by atoms with Crippen LogP contribution in [-0.4, -0.2) is 41.5 Å². The summed E-state index contributed by atoms with van der Waals surface area (Å²) in [5.41, 5.74) is 3.63. The van der Waals surface area contributed by atoms with Crippen molar-refractivity contribution < 1.29 is 14.3 Å². The second-order valence-corrected chi connectivity index (χ2v) is 6.81. The molecule has 1 amide bonds. The van der Waals surface area contributed by atoms with E-state index in [1.54, 1.807) is 11.8 Å². The second-order valence-electron chi connectivity index (χ2n) is 6.81. The SMILES string of the molecule is CCCCN(C)C(=O)c1c(C)c(C(=O)OCC)n(Cc2ccccc2)c1C. The van der Waals surface area contributed by atoms with Gasteiger partial charge in [-0.05, 0) is 38.3 Å². The molecule has 5 nitrogen and oxygen atoms in total. The van der Waals surface area contributed by atoms with Crippen LogP contribution in [0.3, 0.4) is 0 Å². The number of esters is 1.